The highest BCUT2D eigenvalue weighted by atomic mass is 32.1. The molecule has 0 radical (unpaired) electrons. The summed E-state index contributed by atoms with van der Waals surface area (Å²) in [6.45, 7) is 6.45. The summed E-state index contributed by atoms with van der Waals surface area (Å²) in [5, 5.41) is 7.63. The Bertz CT molecular complexity index is 450. The van der Waals surface area contributed by atoms with E-state index in [0.29, 0.717) is 6.04 Å². The van der Waals surface area contributed by atoms with Gasteiger partial charge in [-0.3, -0.25) is 0 Å². The number of hydrogen-bond donors (Lipinski definition) is 2. The van der Waals surface area contributed by atoms with Crippen LogP contribution in [-0.4, -0.2) is 11.2 Å². The zero-order chi connectivity index (χ0) is 13.8. The lowest BCUT2D eigenvalue weighted by Crippen LogP contribution is -2.41. The molecule has 19 heavy (non-hydrogen) atoms. The van der Waals surface area contributed by atoms with Gasteiger partial charge in [-0.15, -0.1) is 0 Å². The van der Waals surface area contributed by atoms with Crippen molar-refractivity contribution < 1.29 is 0 Å². The van der Waals surface area contributed by atoms with Crippen LogP contribution in [-0.2, 0) is 0 Å². The van der Waals surface area contributed by atoms with Gasteiger partial charge in [-0.25, -0.2) is 0 Å². The molecule has 0 saturated heterocycles. The molecule has 1 atom stereocenters. The van der Waals surface area contributed by atoms with E-state index in [1.165, 1.54) is 42.4 Å². The van der Waals surface area contributed by atoms with Crippen molar-refractivity contribution in [3.63, 3.8) is 0 Å². The molecule has 0 aromatic heterocycles. The van der Waals surface area contributed by atoms with Crippen LogP contribution in [0.3, 0.4) is 0 Å². The number of nitrogens with one attached hydrogen (secondary N) is 2. The molecule has 0 spiro atoms. The summed E-state index contributed by atoms with van der Waals surface area (Å²) < 4.78 is 0. The number of aryl methyl sites for hydroxylation is 2. The number of benzene rings is 1. The van der Waals surface area contributed by atoms with Crippen molar-refractivity contribution in [1.82, 2.24) is 10.6 Å². The van der Waals surface area contributed by atoms with Crippen LogP contribution in [0.2, 0.25) is 0 Å². The van der Waals surface area contributed by atoms with E-state index in [1.54, 1.807) is 0 Å². The van der Waals surface area contributed by atoms with Gasteiger partial charge in [0.05, 0.1) is 6.04 Å². The van der Waals surface area contributed by atoms with Crippen molar-refractivity contribution in [1.29, 1.82) is 0 Å². The molecule has 0 bridgehead atoms. The van der Waals surface area contributed by atoms with Gasteiger partial charge in [0.1, 0.15) is 0 Å². The van der Waals surface area contributed by atoms with E-state index in [-0.39, 0.29) is 6.04 Å². The number of thiocarbonyl (C=S) groups is 1. The van der Waals surface area contributed by atoms with E-state index in [4.69, 9.17) is 12.2 Å². The molecule has 1 saturated carbocycles. The molecule has 1 aliphatic rings. The van der Waals surface area contributed by atoms with Crippen molar-refractivity contribution in [3.05, 3.63) is 34.9 Å². The highest BCUT2D eigenvalue weighted by molar-refractivity contribution is 7.80. The summed E-state index contributed by atoms with van der Waals surface area (Å²) in [7, 11) is 0. The first kappa shape index (κ1) is 14.3. The molecule has 3 heteroatoms. The summed E-state index contributed by atoms with van der Waals surface area (Å²) in [4.78, 5) is 0. The van der Waals surface area contributed by atoms with Crippen molar-refractivity contribution in [2.75, 3.05) is 0 Å². The molecule has 104 valence electrons. The van der Waals surface area contributed by atoms with Gasteiger partial charge in [0, 0.05) is 6.04 Å². The number of rotatable bonds is 3. The van der Waals surface area contributed by atoms with Gasteiger partial charge >= 0.3 is 0 Å². The second kappa shape index (κ2) is 6.38. The fourth-order valence-corrected chi connectivity index (χ4v) is 3.23. The van der Waals surface area contributed by atoms with E-state index in [9.17, 15) is 0 Å². The Hall–Kier alpha value is -1.09. The largest absolute Gasteiger partial charge is 0.360 e. The molecule has 1 fully saturated rings. The second-order valence-electron chi connectivity index (χ2n) is 5.68. The molecule has 1 aliphatic carbocycles. The van der Waals surface area contributed by atoms with Crippen LogP contribution in [0.25, 0.3) is 0 Å². The number of hydrogen-bond acceptors (Lipinski definition) is 1. The lowest BCUT2D eigenvalue weighted by molar-refractivity contribution is 0.605. The summed E-state index contributed by atoms with van der Waals surface area (Å²) in [5.41, 5.74) is 3.95. The molecule has 0 amide bonds. The topological polar surface area (TPSA) is 24.1 Å². The van der Waals surface area contributed by atoms with E-state index in [0.717, 1.165) is 5.11 Å². The minimum Gasteiger partial charge on any atom is -0.360 e. The van der Waals surface area contributed by atoms with Gasteiger partial charge in [-0.1, -0.05) is 36.6 Å². The SMILES string of the molecule is Cc1ccc(C(C)NC(=S)NC2CCCC2)c(C)c1. The molecule has 0 aliphatic heterocycles. The van der Waals surface area contributed by atoms with Gasteiger partial charge in [0.25, 0.3) is 0 Å². The standard InChI is InChI=1S/C16H24N2S/c1-11-8-9-15(12(2)10-11)13(3)17-16(19)18-14-6-4-5-7-14/h8-10,13-14H,4-7H2,1-3H3,(H2,17,18,19). The highest BCUT2D eigenvalue weighted by Crippen LogP contribution is 2.20. The van der Waals surface area contributed by atoms with E-state index in [2.05, 4.69) is 49.6 Å². The van der Waals surface area contributed by atoms with Crippen LogP contribution in [0, 0.1) is 13.8 Å². The van der Waals surface area contributed by atoms with Crippen molar-refractivity contribution in [2.45, 2.75) is 58.5 Å². The van der Waals surface area contributed by atoms with Gasteiger partial charge in [-0.05, 0) is 57.0 Å². The predicted molar refractivity (Wildman–Crippen MR) is 85.5 cm³/mol. The lowest BCUT2D eigenvalue weighted by atomic mass is 10.0. The normalized spacial score (nSPS) is 17.2. The molecule has 2 nitrogen and oxygen atoms in total. The molecule has 2 N–H and O–H groups in total. The average molecular weight is 276 g/mol. The Labute approximate surface area is 122 Å². The van der Waals surface area contributed by atoms with Crippen molar-refractivity contribution >= 4 is 17.3 Å². The monoisotopic (exact) mass is 276 g/mol. The molecule has 2 rings (SSSR count). The first-order chi connectivity index (χ1) is 9.06. The lowest BCUT2D eigenvalue weighted by Gasteiger charge is -2.21. The Morgan fingerprint density at radius 2 is 1.95 bits per heavy atom. The third-order valence-electron chi connectivity index (χ3n) is 3.93. The Balaban J connectivity index is 1.92. The minimum absolute atomic E-state index is 0.252. The zero-order valence-corrected chi connectivity index (χ0v) is 12.9. The summed E-state index contributed by atoms with van der Waals surface area (Å²) >= 11 is 5.41. The Morgan fingerprint density at radius 3 is 2.58 bits per heavy atom. The maximum absolute atomic E-state index is 5.41. The molecular formula is C16H24N2S. The Kier molecular flexibility index (Phi) is 4.81. The van der Waals surface area contributed by atoms with E-state index >= 15 is 0 Å². The smallest absolute Gasteiger partial charge is 0.166 e. The van der Waals surface area contributed by atoms with Crippen LogP contribution in [0.1, 0.15) is 55.3 Å². The average Bonchev–Trinajstić information content (AvgIpc) is 2.81. The quantitative estimate of drug-likeness (QED) is 0.822. The van der Waals surface area contributed by atoms with E-state index < -0.39 is 0 Å². The third-order valence-corrected chi connectivity index (χ3v) is 4.17. The third kappa shape index (κ3) is 3.93. The maximum atomic E-state index is 5.41. The first-order valence-corrected chi connectivity index (χ1v) is 7.61. The second-order valence-corrected chi connectivity index (χ2v) is 6.09. The molecule has 0 heterocycles. The van der Waals surface area contributed by atoms with Crippen molar-refractivity contribution in [2.24, 2.45) is 0 Å². The van der Waals surface area contributed by atoms with Crippen LogP contribution < -0.4 is 10.6 Å². The maximum Gasteiger partial charge on any atom is 0.166 e. The Morgan fingerprint density at radius 1 is 1.26 bits per heavy atom. The molecular weight excluding hydrogens is 252 g/mol. The van der Waals surface area contributed by atoms with Crippen molar-refractivity contribution in [3.8, 4) is 0 Å². The van der Waals surface area contributed by atoms with Gasteiger partial charge in [0.15, 0.2) is 5.11 Å². The van der Waals surface area contributed by atoms with Crippen LogP contribution in [0.15, 0.2) is 18.2 Å². The predicted octanol–water partition coefficient (Wildman–Crippen LogP) is 3.77. The zero-order valence-electron chi connectivity index (χ0n) is 12.1. The fourth-order valence-electron chi connectivity index (χ4n) is 2.88. The van der Waals surface area contributed by atoms with Gasteiger partial charge < -0.3 is 10.6 Å². The van der Waals surface area contributed by atoms with Crippen LogP contribution in [0.5, 0.6) is 0 Å². The van der Waals surface area contributed by atoms with E-state index in [1.807, 2.05) is 0 Å². The van der Waals surface area contributed by atoms with Gasteiger partial charge in [0.2, 0.25) is 0 Å². The van der Waals surface area contributed by atoms with Crippen LogP contribution >= 0.6 is 12.2 Å². The molecule has 1 unspecified atom stereocenters. The minimum atomic E-state index is 0.252. The highest BCUT2D eigenvalue weighted by Gasteiger charge is 2.16. The van der Waals surface area contributed by atoms with Crippen LogP contribution in [0.4, 0.5) is 0 Å². The summed E-state index contributed by atoms with van der Waals surface area (Å²) in [6, 6.07) is 7.41. The van der Waals surface area contributed by atoms with Gasteiger partial charge in [-0.2, -0.15) is 0 Å². The molecule has 1 aromatic carbocycles. The fraction of sp³-hybridized carbons (Fsp3) is 0.562. The summed E-state index contributed by atoms with van der Waals surface area (Å²) in [5.74, 6) is 0. The summed E-state index contributed by atoms with van der Waals surface area (Å²) in [6.07, 6.45) is 5.15. The molecule has 1 aromatic rings. The first-order valence-electron chi connectivity index (χ1n) is 7.20.